The molecule has 1 heterocycles. The summed E-state index contributed by atoms with van der Waals surface area (Å²) in [6.07, 6.45) is -2.10. The van der Waals surface area contributed by atoms with Crippen LogP contribution in [0, 0.1) is 16.7 Å². The number of allylic oxidation sites excluding steroid dienone is 1. The predicted octanol–water partition coefficient (Wildman–Crippen LogP) is 2.12. The quantitative estimate of drug-likeness (QED) is 0.905. The molecule has 0 bridgehead atoms. The Labute approximate surface area is 129 Å². The first-order valence-corrected chi connectivity index (χ1v) is 7.04. The van der Waals surface area contributed by atoms with Gasteiger partial charge in [-0.1, -0.05) is 18.7 Å². The lowest BCUT2D eigenvalue weighted by Crippen LogP contribution is -2.44. The van der Waals surface area contributed by atoms with Crippen LogP contribution in [0.3, 0.4) is 0 Å². The smallest absolute Gasteiger partial charge is 0.177 e. The second-order valence-electron chi connectivity index (χ2n) is 5.73. The van der Waals surface area contributed by atoms with Crippen molar-refractivity contribution >= 4 is 5.78 Å². The molecule has 1 N–H and O–H groups in total. The van der Waals surface area contributed by atoms with Gasteiger partial charge in [-0.3, -0.25) is 4.79 Å². The Hall–Kier alpha value is -2.16. The SMILES string of the molecule is C=C1OCCOC(C(O)c2ccc(C#N)cc2)C(=O)C1(C)C. The fraction of sp³-hybridized carbons (Fsp3) is 0.412. The minimum atomic E-state index is -1.11. The molecule has 5 heteroatoms. The average Bonchev–Trinajstić information content (AvgIpc) is 2.52. The Morgan fingerprint density at radius 3 is 2.59 bits per heavy atom. The fourth-order valence-electron chi connectivity index (χ4n) is 2.25. The molecule has 2 atom stereocenters. The maximum absolute atomic E-state index is 12.7. The van der Waals surface area contributed by atoms with Gasteiger partial charge in [0.25, 0.3) is 0 Å². The lowest BCUT2D eigenvalue weighted by atomic mass is 9.81. The van der Waals surface area contributed by atoms with E-state index in [1.54, 1.807) is 38.1 Å². The molecule has 2 unspecified atom stereocenters. The molecule has 1 aromatic rings. The molecule has 1 fully saturated rings. The topological polar surface area (TPSA) is 79.5 Å². The van der Waals surface area contributed by atoms with Gasteiger partial charge >= 0.3 is 0 Å². The molecule has 116 valence electrons. The van der Waals surface area contributed by atoms with Crippen LogP contribution in [0.1, 0.15) is 31.1 Å². The largest absolute Gasteiger partial charge is 0.495 e. The molecule has 22 heavy (non-hydrogen) atoms. The number of carbonyl (C=O) groups is 1. The lowest BCUT2D eigenvalue weighted by Gasteiger charge is -2.34. The molecular formula is C17H19NO4. The average molecular weight is 301 g/mol. The van der Waals surface area contributed by atoms with E-state index in [4.69, 9.17) is 14.7 Å². The maximum Gasteiger partial charge on any atom is 0.177 e. The number of hydrogen-bond acceptors (Lipinski definition) is 5. The molecule has 0 aliphatic carbocycles. The van der Waals surface area contributed by atoms with Gasteiger partial charge in [0.05, 0.1) is 23.7 Å². The second kappa shape index (κ2) is 6.30. The summed E-state index contributed by atoms with van der Waals surface area (Å²) in [6.45, 7) is 7.67. The first-order chi connectivity index (χ1) is 10.4. The number of benzene rings is 1. The molecule has 0 aromatic heterocycles. The lowest BCUT2D eigenvalue weighted by molar-refractivity contribution is -0.153. The molecule has 2 rings (SSSR count). The first-order valence-electron chi connectivity index (χ1n) is 7.04. The third-order valence-corrected chi connectivity index (χ3v) is 3.90. The molecule has 5 nitrogen and oxygen atoms in total. The number of nitriles is 1. The van der Waals surface area contributed by atoms with E-state index < -0.39 is 17.6 Å². The van der Waals surface area contributed by atoms with Crippen molar-refractivity contribution in [3.05, 3.63) is 47.7 Å². The summed E-state index contributed by atoms with van der Waals surface area (Å²) in [7, 11) is 0. The summed E-state index contributed by atoms with van der Waals surface area (Å²) in [5.41, 5.74) is 0.0711. The van der Waals surface area contributed by atoms with Crippen LogP contribution in [0.4, 0.5) is 0 Å². The minimum Gasteiger partial charge on any atom is -0.495 e. The minimum absolute atomic E-state index is 0.193. The van der Waals surface area contributed by atoms with E-state index in [0.29, 0.717) is 16.9 Å². The van der Waals surface area contributed by atoms with Crippen LogP contribution in [0.5, 0.6) is 0 Å². The van der Waals surface area contributed by atoms with E-state index >= 15 is 0 Å². The number of nitrogens with zero attached hydrogens (tertiary/aromatic N) is 1. The van der Waals surface area contributed by atoms with Crippen LogP contribution in [-0.2, 0) is 14.3 Å². The number of hydrogen-bond donors (Lipinski definition) is 1. The van der Waals surface area contributed by atoms with Gasteiger partial charge in [0, 0.05) is 0 Å². The molecule has 1 aliphatic rings. The highest BCUT2D eigenvalue weighted by Gasteiger charge is 2.42. The van der Waals surface area contributed by atoms with E-state index in [2.05, 4.69) is 6.58 Å². The van der Waals surface area contributed by atoms with Crippen LogP contribution in [0.2, 0.25) is 0 Å². The Balaban J connectivity index is 2.29. The van der Waals surface area contributed by atoms with Crippen molar-refractivity contribution in [2.24, 2.45) is 5.41 Å². The number of ketones is 1. The molecule has 1 aromatic carbocycles. The van der Waals surface area contributed by atoms with Gasteiger partial charge in [0.2, 0.25) is 0 Å². The highest BCUT2D eigenvalue weighted by molar-refractivity contribution is 5.91. The number of carbonyl (C=O) groups excluding carboxylic acids is 1. The molecule has 0 radical (unpaired) electrons. The number of aliphatic hydroxyl groups is 1. The molecule has 1 saturated heterocycles. The zero-order valence-corrected chi connectivity index (χ0v) is 12.7. The van der Waals surface area contributed by atoms with Gasteiger partial charge in [-0.2, -0.15) is 5.26 Å². The van der Waals surface area contributed by atoms with Crippen molar-refractivity contribution in [2.75, 3.05) is 13.2 Å². The Morgan fingerprint density at radius 1 is 1.36 bits per heavy atom. The zero-order valence-electron chi connectivity index (χ0n) is 12.7. The van der Waals surface area contributed by atoms with Crippen LogP contribution < -0.4 is 0 Å². The highest BCUT2D eigenvalue weighted by atomic mass is 16.5. The molecule has 0 spiro atoms. The third-order valence-electron chi connectivity index (χ3n) is 3.90. The Bertz CT molecular complexity index is 613. The zero-order chi connectivity index (χ0) is 16.3. The van der Waals surface area contributed by atoms with Crippen molar-refractivity contribution in [1.82, 2.24) is 0 Å². The summed E-state index contributed by atoms with van der Waals surface area (Å²) in [5, 5.41) is 19.3. The standard InChI is InChI=1S/C17H19NO4/c1-11-17(2,3)16(20)15(22-9-8-21-11)14(19)13-6-4-12(10-18)5-7-13/h4-7,14-15,19H,1,8-9H2,2-3H3. The Morgan fingerprint density at radius 2 is 2.00 bits per heavy atom. The van der Waals surface area contributed by atoms with Gasteiger partial charge < -0.3 is 14.6 Å². The first kappa shape index (κ1) is 16.2. The van der Waals surface area contributed by atoms with Crippen molar-refractivity contribution in [2.45, 2.75) is 26.1 Å². The number of ether oxygens (including phenoxy) is 2. The van der Waals surface area contributed by atoms with E-state index in [9.17, 15) is 9.90 Å². The van der Waals surface area contributed by atoms with E-state index in [0.717, 1.165) is 0 Å². The molecule has 0 saturated carbocycles. The van der Waals surface area contributed by atoms with E-state index in [-0.39, 0.29) is 19.0 Å². The summed E-state index contributed by atoms with van der Waals surface area (Å²) in [6, 6.07) is 8.45. The van der Waals surface area contributed by atoms with Gasteiger partial charge in [-0.25, -0.2) is 0 Å². The molecular weight excluding hydrogens is 282 g/mol. The van der Waals surface area contributed by atoms with E-state index in [1.807, 2.05) is 6.07 Å². The van der Waals surface area contributed by atoms with E-state index in [1.165, 1.54) is 0 Å². The molecule has 1 aliphatic heterocycles. The normalized spacial score (nSPS) is 22.9. The fourth-order valence-corrected chi connectivity index (χ4v) is 2.25. The van der Waals surface area contributed by atoms with Crippen LogP contribution in [0.15, 0.2) is 36.6 Å². The summed E-state index contributed by atoms with van der Waals surface area (Å²) < 4.78 is 10.9. The summed E-state index contributed by atoms with van der Waals surface area (Å²) in [5.74, 6) is 0.0897. The van der Waals surface area contributed by atoms with Gasteiger partial charge in [0.15, 0.2) is 5.78 Å². The second-order valence-corrected chi connectivity index (χ2v) is 5.73. The van der Waals surface area contributed by atoms with Crippen molar-refractivity contribution < 1.29 is 19.4 Å². The number of aliphatic hydroxyl groups excluding tert-OH is 1. The Kier molecular flexibility index (Phi) is 4.65. The van der Waals surface area contributed by atoms with Crippen molar-refractivity contribution in [1.29, 1.82) is 5.26 Å². The van der Waals surface area contributed by atoms with Crippen LogP contribution >= 0.6 is 0 Å². The monoisotopic (exact) mass is 301 g/mol. The number of Topliss-reactive ketones (excluding diaryl/α,β-unsaturated/α-hetero) is 1. The predicted molar refractivity (Wildman–Crippen MR) is 79.7 cm³/mol. The maximum atomic E-state index is 12.7. The van der Waals surface area contributed by atoms with Crippen molar-refractivity contribution in [3.8, 4) is 6.07 Å². The number of rotatable bonds is 2. The van der Waals surface area contributed by atoms with Gasteiger partial charge in [0.1, 0.15) is 24.6 Å². The van der Waals surface area contributed by atoms with Crippen LogP contribution in [0.25, 0.3) is 0 Å². The van der Waals surface area contributed by atoms with Gasteiger partial charge in [-0.05, 0) is 31.5 Å². The summed E-state index contributed by atoms with van der Waals surface area (Å²) >= 11 is 0. The highest BCUT2D eigenvalue weighted by Crippen LogP contribution is 2.34. The molecule has 0 amide bonds. The van der Waals surface area contributed by atoms with Gasteiger partial charge in [-0.15, -0.1) is 0 Å². The van der Waals surface area contributed by atoms with Crippen LogP contribution in [-0.4, -0.2) is 30.2 Å². The third kappa shape index (κ3) is 3.03. The van der Waals surface area contributed by atoms with Crippen molar-refractivity contribution in [3.63, 3.8) is 0 Å². The summed E-state index contributed by atoms with van der Waals surface area (Å²) in [4.78, 5) is 12.7.